The molecule has 3 rings (SSSR count). The number of rotatable bonds is 4. The molecule has 128 valence electrons. The number of aromatic hydroxyl groups is 1. The Bertz CT molecular complexity index is 917. The van der Waals surface area contributed by atoms with Gasteiger partial charge in [-0.2, -0.15) is 4.98 Å². The second-order valence-corrected chi connectivity index (χ2v) is 6.14. The van der Waals surface area contributed by atoms with Gasteiger partial charge in [0, 0.05) is 12.1 Å². The molecule has 0 spiro atoms. The van der Waals surface area contributed by atoms with Gasteiger partial charge < -0.3 is 14.9 Å². The van der Waals surface area contributed by atoms with Gasteiger partial charge in [-0.25, -0.2) is 0 Å². The maximum absolute atomic E-state index is 12.2. The number of nitrogens with zero attached hydrogens (tertiary/aromatic N) is 2. The maximum atomic E-state index is 12.2. The molecule has 1 amide bonds. The third kappa shape index (κ3) is 3.75. The Labute approximate surface area is 153 Å². The average Bonchev–Trinajstić information content (AvgIpc) is 3.08. The fraction of sp³-hybridized carbons (Fsp3) is 0.118. The van der Waals surface area contributed by atoms with Crippen molar-refractivity contribution in [3.05, 3.63) is 63.4 Å². The summed E-state index contributed by atoms with van der Waals surface area (Å²) in [6, 6.07) is 10.6. The van der Waals surface area contributed by atoms with E-state index < -0.39 is 5.91 Å². The fourth-order valence-corrected chi connectivity index (χ4v) is 2.67. The lowest BCUT2D eigenvalue weighted by Crippen LogP contribution is -2.24. The number of nitrogens with one attached hydrogen (secondary N) is 1. The number of halogens is 2. The van der Waals surface area contributed by atoms with Gasteiger partial charge in [0.2, 0.25) is 0 Å². The molecule has 0 aliphatic heterocycles. The molecular weight excluding hydrogens is 365 g/mol. The number of aryl methyl sites for hydroxylation is 1. The maximum Gasteiger partial charge on any atom is 0.292 e. The van der Waals surface area contributed by atoms with E-state index in [0.717, 1.165) is 11.1 Å². The molecule has 0 radical (unpaired) electrons. The predicted octanol–water partition coefficient (Wildman–Crippen LogP) is 3.99. The molecule has 0 unspecified atom stereocenters. The first-order valence-electron chi connectivity index (χ1n) is 7.30. The number of carbonyl (C=O) groups is 1. The Morgan fingerprint density at radius 2 is 1.92 bits per heavy atom. The third-order valence-electron chi connectivity index (χ3n) is 3.59. The summed E-state index contributed by atoms with van der Waals surface area (Å²) in [6.45, 7) is 2.32. The van der Waals surface area contributed by atoms with Crippen molar-refractivity contribution in [3.63, 3.8) is 0 Å². The third-order valence-corrected chi connectivity index (χ3v) is 4.17. The van der Waals surface area contributed by atoms with Crippen LogP contribution in [0.15, 0.2) is 40.9 Å². The van der Waals surface area contributed by atoms with Crippen molar-refractivity contribution < 1.29 is 14.4 Å². The highest BCUT2D eigenvalue weighted by Gasteiger charge is 2.17. The molecule has 0 saturated heterocycles. The summed E-state index contributed by atoms with van der Waals surface area (Å²) in [7, 11) is 0. The molecule has 0 saturated carbocycles. The summed E-state index contributed by atoms with van der Waals surface area (Å²) >= 11 is 11.7. The number of amides is 1. The standard InChI is InChI=1S/C17H13Cl2N3O3/c1-9-4-2-3-5-10(9)8-20-16(24)15-21-17(25-22-15)11-6-12(18)14(23)13(19)7-11/h2-7,23H,8H2,1H3,(H,20,24). The number of hydrogen-bond acceptors (Lipinski definition) is 5. The molecule has 8 heteroatoms. The summed E-state index contributed by atoms with van der Waals surface area (Å²) in [4.78, 5) is 16.2. The summed E-state index contributed by atoms with van der Waals surface area (Å²) in [5.41, 5.74) is 2.47. The van der Waals surface area contributed by atoms with E-state index in [1.807, 2.05) is 31.2 Å². The van der Waals surface area contributed by atoms with Gasteiger partial charge in [0.05, 0.1) is 10.0 Å². The number of hydrogen-bond donors (Lipinski definition) is 2. The molecule has 25 heavy (non-hydrogen) atoms. The Kier molecular flexibility index (Phi) is 4.92. The number of benzene rings is 2. The van der Waals surface area contributed by atoms with E-state index >= 15 is 0 Å². The minimum Gasteiger partial charge on any atom is -0.505 e. The fourth-order valence-electron chi connectivity index (χ4n) is 2.18. The van der Waals surface area contributed by atoms with Gasteiger partial charge >= 0.3 is 0 Å². The van der Waals surface area contributed by atoms with Gasteiger partial charge in [-0.15, -0.1) is 0 Å². The van der Waals surface area contributed by atoms with Crippen LogP contribution >= 0.6 is 23.2 Å². The first-order chi connectivity index (χ1) is 12.0. The molecule has 0 atom stereocenters. The van der Waals surface area contributed by atoms with Crippen molar-refractivity contribution >= 4 is 29.1 Å². The van der Waals surface area contributed by atoms with Crippen LogP contribution in [0.3, 0.4) is 0 Å². The van der Waals surface area contributed by atoms with Crippen molar-refractivity contribution in [2.75, 3.05) is 0 Å². The quantitative estimate of drug-likeness (QED) is 0.717. The Balaban J connectivity index is 1.75. The van der Waals surface area contributed by atoms with E-state index in [2.05, 4.69) is 15.5 Å². The zero-order valence-electron chi connectivity index (χ0n) is 13.1. The number of phenols is 1. The van der Waals surface area contributed by atoms with Crippen LogP contribution in [0.5, 0.6) is 5.75 Å². The Morgan fingerprint density at radius 3 is 2.60 bits per heavy atom. The highest BCUT2D eigenvalue weighted by atomic mass is 35.5. The second-order valence-electron chi connectivity index (χ2n) is 5.32. The van der Waals surface area contributed by atoms with Crippen molar-refractivity contribution in [1.29, 1.82) is 0 Å². The van der Waals surface area contributed by atoms with Crippen LogP contribution in [0, 0.1) is 6.92 Å². The van der Waals surface area contributed by atoms with Gasteiger partial charge in [-0.05, 0) is 30.2 Å². The average molecular weight is 378 g/mol. The lowest BCUT2D eigenvalue weighted by molar-refractivity contribution is 0.0937. The molecule has 2 aromatic carbocycles. The van der Waals surface area contributed by atoms with Crippen molar-refractivity contribution in [1.82, 2.24) is 15.5 Å². The topological polar surface area (TPSA) is 88.2 Å². The van der Waals surface area contributed by atoms with Gasteiger partial charge in [0.1, 0.15) is 0 Å². The Morgan fingerprint density at radius 1 is 1.24 bits per heavy atom. The summed E-state index contributed by atoms with van der Waals surface area (Å²) in [5, 5.41) is 16.1. The SMILES string of the molecule is Cc1ccccc1CNC(=O)c1noc(-c2cc(Cl)c(O)c(Cl)c2)n1. The van der Waals surface area contributed by atoms with Gasteiger partial charge in [0.15, 0.2) is 5.75 Å². The van der Waals surface area contributed by atoms with Crippen molar-refractivity contribution in [2.45, 2.75) is 13.5 Å². The van der Waals surface area contributed by atoms with Gasteiger partial charge in [-0.3, -0.25) is 4.79 Å². The van der Waals surface area contributed by atoms with Gasteiger partial charge in [0.25, 0.3) is 17.6 Å². The first-order valence-corrected chi connectivity index (χ1v) is 8.06. The Hall–Kier alpha value is -2.57. The minimum atomic E-state index is -0.464. The van der Waals surface area contributed by atoms with E-state index in [0.29, 0.717) is 12.1 Å². The monoisotopic (exact) mass is 377 g/mol. The molecule has 0 aliphatic carbocycles. The number of carbonyl (C=O) groups excluding carboxylic acids is 1. The predicted molar refractivity (Wildman–Crippen MR) is 93.8 cm³/mol. The number of phenolic OH excluding ortho intramolecular Hbond substituents is 1. The summed E-state index contributed by atoms with van der Waals surface area (Å²) in [5.74, 6) is -0.731. The van der Waals surface area contributed by atoms with E-state index in [-0.39, 0.29) is 27.5 Å². The van der Waals surface area contributed by atoms with Crippen LogP contribution in [0.2, 0.25) is 10.0 Å². The van der Waals surface area contributed by atoms with Crippen LogP contribution in [-0.4, -0.2) is 21.2 Å². The molecule has 0 bridgehead atoms. The van der Waals surface area contributed by atoms with E-state index in [1.165, 1.54) is 12.1 Å². The molecule has 0 fully saturated rings. The lowest BCUT2D eigenvalue weighted by atomic mass is 10.1. The smallest absolute Gasteiger partial charge is 0.292 e. The zero-order valence-corrected chi connectivity index (χ0v) is 14.6. The van der Waals surface area contributed by atoms with E-state index in [4.69, 9.17) is 27.7 Å². The highest BCUT2D eigenvalue weighted by Crippen LogP contribution is 2.35. The molecule has 1 heterocycles. The van der Waals surface area contributed by atoms with Crippen LogP contribution in [0.25, 0.3) is 11.5 Å². The summed E-state index contributed by atoms with van der Waals surface area (Å²) < 4.78 is 5.08. The molecule has 1 aromatic heterocycles. The zero-order chi connectivity index (χ0) is 18.0. The second kappa shape index (κ2) is 7.13. The van der Waals surface area contributed by atoms with Crippen LogP contribution in [0.1, 0.15) is 21.7 Å². The molecule has 6 nitrogen and oxygen atoms in total. The highest BCUT2D eigenvalue weighted by molar-refractivity contribution is 6.37. The van der Waals surface area contributed by atoms with Crippen LogP contribution in [0.4, 0.5) is 0 Å². The first kappa shape index (κ1) is 17.3. The minimum absolute atomic E-state index is 0.0475. The lowest BCUT2D eigenvalue weighted by Gasteiger charge is -2.05. The van der Waals surface area contributed by atoms with Gasteiger partial charge in [-0.1, -0.05) is 52.6 Å². The largest absolute Gasteiger partial charge is 0.505 e. The van der Waals surface area contributed by atoms with Crippen molar-refractivity contribution in [2.24, 2.45) is 0 Å². The normalized spacial score (nSPS) is 10.7. The molecule has 3 aromatic rings. The van der Waals surface area contributed by atoms with E-state index in [9.17, 15) is 9.90 Å². The van der Waals surface area contributed by atoms with Crippen LogP contribution in [-0.2, 0) is 6.54 Å². The molecular formula is C17H13Cl2N3O3. The van der Waals surface area contributed by atoms with Crippen molar-refractivity contribution in [3.8, 4) is 17.2 Å². The van der Waals surface area contributed by atoms with Crippen LogP contribution < -0.4 is 5.32 Å². The number of aromatic nitrogens is 2. The van der Waals surface area contributed by atoms with E-state index in [1.54, 1.807) is 0 Å². The summed E-state index contributed by atoms with van der Waals surface area (Å²) in [6.07, 6.45) is 0. The molecule has 2 N–H and O–H groups in total. The molecule has 0 aliphatic rings.